The number of halogens is 1. The second kappa shape index (κ2) is 6.75. The van der Waals surface area contributed by atoms with Crippen molar-refractivity contribution in [1.29, 1.82) is 0 Å². The number of rotatable bonds is 5. The third kappa shape index (κ3) is 3.55. The van der Waals surface area contributed by atoms with Gasteiger partial charge < -0.3 is 10.1 Å². The van der Waals surface area contributed by atoms with E-state index < -0.39 is 21.1 Å². The van der Waals surface area contributed by atoms with Gasteiger partial charge in [0, 0.05) is 5.56 Å². The van der Waals surface area contributed by atoms with Gasteiger partial charge in [-0.15, -0.1) is 0 Å². The lowest BCUT2D eigenvalue weighted by atomic mass is 9.98. The first-order valence-corrected chi connectivity index (χ1v) is 8.99. The van der Waals surface area contributed by atoms with Crippen LogP contribution in [0.3, 0.4) is 0 Å². The number of hydrogen-bond donors (Lipinski definition) is 1. The molecule has 1 aliphatic heterocycles. The predicted molar refractivity (Wildman–Crippen MR) is 80.8 cm³/mol. The monoisotopic (exact) mass is 315 g/mol. The quantitative estimate of drug-likeness (QED) is 0.907. The van der Waals surface area contributed by atoms with Gasteiger partial charge in [-0.2, -0.15) is 0 Å². The highest BCUT2D eigenvalue weighted by atomic mass is 32.2. The predicted octanol–water partition coefficient (Wildman–Crippen LogP) is 2.45. The molecule has 0 aromatic heterocycles. The van der Waals surface area contributed by atoms with E-state index in [4.69, 9.17) is 4.74 Å². The molecule has 4 nitrogen and oxygen atoms in total. The molecule has 21 heavy (non-hydrogen) atoms. The minimum absolute atomic E-state index is 0.206. The van der Waals surface area contributed by atoms with Crippen molar-refractivity contribution >= 4 is 9.84 Å². The maximum atomic E-state index is 13.6. The van der Waals surface area contributed by atoms with E-state index >= 15 is 0 Å². The molecule has 1 aromatic rings. The van der Waals surface area contributed by atoms with Crippen molar-refractivity contribution in [2.45, 2.75) is 37.5 Å². The molecule has 1 fully saturated rings. The summed E-state index contributed by atoms with van der Waals surface area (Å²) in [5, 5.41) is 2.67. The number of sulfone groups is 1. The Morgan fingerprint density at radius 1 is 1.43 bits per heavy atom. The van der Waals surface area contributed by atoms with Crippen LogP contribution in [-0.2, 0) is 9.84 Å². The average Bonchev–Trinajstić information content (AvgIpc) is 2.45. The molecule has 0 bridgehead atoms. The van der Waals surface area contributed by atoms with Crippen molar-refractivity contribution in [2.24, 2.45) is 0 Å². The second-order valence-corrected chi connectivity index (χ2v) is 7.66. The Hall–Kier alpha value is -1.14. The molecule has 1 heterocycles. The first-order chi connectivity index (χ1) is 9.99. The fraction of sp³-hybridized carbons (Fsp3) is 0.600. The van der Waals surface area contributed by atoms with Crippen LogP contribution in [0.5, 0.6) is 5.75 Å². The number of nitrogens with one attached hydrogen (secondary N) is 1. The highest BCUT2D eigenvalue weighted by Crippen LogP contribution is 2.35. The molecular formula is C15H22FNO3S. The molecule has 2 atom stereocenters. The van der Waals surface area contributed by atoms with Crippen molar-refractivity contribution in [3.8, 4) is 5.75 Å². The molecule has 2 rings (SSSR count). The summed E-state index contributed by atoms with van der Waals surface area (Å²) in [6, 6.07) is 3.80. The van der Waals surface area contributed by atoms with Gasteiger partial charge in [0.2, 0.25) is 0 Å². The summed E-state index contributed by atoms with van der Waals surface area (Å²) in [5.41, 5.74) is 0.579. The van der Waals surface area contributed by atoms with Crippen molar-refractivity contribution in [3.63, 3.8) is 0 Å². The summed E-state index contributed by atoms with van der Waals surface area (Å²) in [6.45, 7) is 2.52. The van der Waals surface area contributed by atoms with E-state index in [1.165, 1.54) is 19.2 Å². The molecule has 0 saturated carbocycles. The Morgan fingerprint density at radius 3 is 2.81 bits per heavy atom. The second-order valence-electron chi connectivity index (χ2n) is 5.32. The highest BCUT2D eigenvalue weighted by Gasteiger charge is 2.37. The van der Waals surface area contributed by atoms with Crippen molar-refractivity contribution < 1.29 is 17.5 Å². The Bertz CT molecular complexity index is 589. The van der Waals surface area contributed by atoms with Gasteiger partial charge in [0.1, 0.15) is 11.6 Å². The van der Waals surface area contributed by atoms with Crippen LogP contribution in [0.25, 0.3) is 0 Å². The lowest BCUT2D eigenvalue weighted by Gasteiger charge is -2.31. The third-order valence-electron chi connectivity index (χ3n) is 3.95. The van der Waals surface area contributed by atoms with Gasteiger partial charge in [-0.05, 0) is 37.6 Å². The summed E-state index contributed by atoms with van der Waals surface area (Å²) < 4.78 is 43.7. The molecule has 0 radical (unpaired) electrons. The van der Waals surface area contributed by atoms with E-state index in [9.17, 15) is 12.8 Å². The van der Waals surface area contributed by atoms with Gasteiger partial charge >= 0.3 is 0 Å². The number of methoxy groups -OCH3 is 1. The van der Waals surface area contributed by atoms with Crippen molar-refractivity contribution in [2.75, 3.05) is 19.4 Å². The highest BCUT2D eigenvalue weighted by molar-refractivity contribution is 7.92. The summed E-state index contributed by atoms with van der Waals surface area (Å²) in [4.78, 5) is 0. The Kier molecular flexibility index (Phi) is 5.22. The van der Waals surface area contributed by atoms with Crippen LogP contribution in [0.4, 0.5) is 4.39 Å². The van der Waals surface area contributed by atoms with Gasteiger partial charge in [0.25, 0.3) is 0 Å². The van der Waals surface area contributed by atoms with Gasteiger partial charge in [-0.1, -0.05) is 13.3 Å². The first kappa shape index (κ1) is 16.2. The number of benzene rings is 1. The molecule has 0 spiro atoms. The summed E-state index contributed by atoms with van der Waals surface area (Å²) in [6.07, 6.45) is 2.18. The van der Waals surface area contributed by atoms with E-state index in [0.717, 1.165) is 6.42 Å². The van der Waals surface area contributed by atoms with Crippen molar-refractivity contribution in [1.82, 2.24) is 5.32 Å². The molecule has 6 heteroatoms. The molecule has 0 aliphatic carbocycles. The van der Waals surface area contributed by atoms with E-state index in [2.05, 4.69) is 5.32 Å². The lowest BCUT2D eigenvalue weighted by Crippen LogP contribution is -2.40. The number of hydrogen-bond acceptors (Lipinski definition) is 4. The SMILES string of the molecule is CCNC(c1cc(F)ccc1OC)C1CCCCS1(=O)=O. The van der Waals surface area contributed by atoms with Crippen LogP contribution >= 0.6 is 0 Å². The molecular weight excluding hydrogens is 293 g/mol. The van der Waals surface area contributed by atoms with Crippen LogP contribution in [-0.4, -0.2) is 33.1 Å². The van der Waals surface area contributed by atoms with E-state index in [1.54, 1.807) is 6.07 Å². The fourth-order valence-corrected chi connectivity index (χ4v) is 5.06. The lowest BCUT2D eigenvalue weighted by molar-refractivity contribution is 0.388. The minimum atomic E-state index is -3.17. The Morgan fingerprint density at radius 2 is 2.19 bits per heavy atom. The average molecular weight is 315 g/mol. The van der Waals surface area contributed by atoms with E-state index in [1.807, 2.05) is 6.92 Å². The fourth-order valence-electron chi connectivity index (χ4n) is 2.96. The summed E-state index contributed by atoms with van der Waals surface area (Å²) in [5.74, 6) is 0.335. The number of ether oxygens (including phenoxy) is 1. The van der Waals surface area contributed by atoms with Crippen LogP contribution in [0.15, 0.2) is 18.2 Å². The van der Waals surface area contributed by atoms with Crippen LogP contribution in [0, 0.1) is 5.82 Å². The minimum Gasteiger partial charge on any atom is -0.496 e. The van der Waals surface area contributed by atoms with Gasteiger partial charge in [-0.3, -0.25) is 0 Å². The molecule has 118 valence electrons. The summed E-state index contributed by atoms with van der Waals surface area (Å²) >= 11 is 0. The zero-order chi connectivity index (χ0) is 15.5. The zero-order valence-corrected chi connectivity index (χ0v) is 13.2. The Balaban J connectivity index is 2.45. The largest absolute Gasteiger partial charge is 0.496 e. The van der Waals surface area contributed by atoms with E-state index in [0.29, 0.717) is 30.7 Å². The van der Waals surface area contributed by atoms with Crippen LogP contribution in [0.1, 0.15) is 37.8 Å². The van der Waals surface area contributed by atoms with Crippen LogP contribution < -0.4 is 10.1 Å². The standard InChI is InChI=1S/C15H22FNO3S/c1-3-17-15(14-6-4-5-9-21(14,18)19)12-10-11(16)7-8-13(12)20-2/h7-8,10,14-15,17H,3-6,9H2,1-2H3. The molecule has 1 aromatic carbocycles. The maximum Gasteiger partial charge on any atom is 0.155 e. The summed E-state index contributed by atoms with van der Waals surface area (Å²) in [7, 11) is -1.66. The maximum absolute atomic E-state index is 13.6. The molecule has 0 amide bonds. The Labute approximate surface area is 125 Å². The smallest absolute Gasteiger partial charge is 0.155 e. The topological polar surface area (TPSA) is 55.4 Å². The third-order valence-corrected chi connectivity index (χ3v) is 6.24. The normalized spacial score (nSPS) is 22.7. The van der Waals surface area contributed by atoms with Gasteiger partial charge in [0.15, 0.2) is 9.84 Å². The van der Waals surface area contributed by atoms with Gasteiger partial charge in [0.05, 0.1) is 24.2 Å². The van der Waals surface area contributed by atoms with E-state index in [-0.39, 0.29) is 11.6 Å². The van der Waals surface area contributed by atoms with Gasteiger partial charge in [-0.25, -0.2) is 12.8 Å². The molecule has 1 saturated heterocycles. The van der Waals surface area contributed by atoms with Crippen molar-refractivity contribution in [3.05, 3.63) is 29.6 Å². The zero-order valence-electron chi connectivity index (χ0n) is 12.4. The van der Waals surface area contributed by atoms with Crippen LogP contribution in [0.2, 0.25) is 0 Å². The molecule has 1 N–H and O–H groups in total. The molecule has 1 aliphatic rings. The molecule has 2 unspecified atom stereocenters. The first-order valence-electron chi connectivity index (χ1n) is 7.28.